The van der Waals surface area contributed by atoms with Crippen molar-refractivity contribution in [3.05, 3.63) is 9.66 Å². The number of methoxy groups -OCH3 is 1. The van der Waals surface area contributed by atoms with Crippen molar-refractivity contribution >= 4 is 34.3 Å². The Balaban J connectivity index is 2.53. The van der Waals surface area contributed by atoms with Crippen LogP contribution in [-0.4, -0.2) is 18.9 Å². The SMILES string of the molecule is COC(=O)/C=C(\I)CC(C)C1CCCCC1=O. The number of carbonyl (C=O) groups is 2. The van der Waals surface area contributed by atoms with Gasteiger partial charge in [0.1, 0.15) is 5.78 Å². The number of hydrogen-bond donors (Lipinski definition) is 0. The van der Waals surface area contributed by atoms with Crippen molar-refractivity contribution in [2.75, 3.05) is 7.11 Å². The summed E-state index contributed by atoms with van der Waals surface area (Å²) in [7, 11) is 1.37. The lowest BCUT2D eigenvalue weighted by Crippen LogP contribution is -2.25. The first-order valence-electron chi connectivity index (χ1n) is 6.01. The summed E-state index contributed by atoms with van der Waals surface area (Å²) >= 11 is 2.15. The normalized spacial score (nSPS) is 23.4. The molecule has 0 saturated heterocycles. The van der Waals surface area contributed by atoms with Crippen molar-refractivity contribution in [2.24, 2.45) is 11.8 Å². The van der Waals surface area contributed by atoms with E-state index in [9.17, 15) is 9.59 Å². The minimum absolute atomic E-state index is 0.180. The van der Waals surface area contributed by atoms with Gasteiger partial charge in [-0.1, -0.05) is 13.3 Å². The first-order valence-corrected chi connectivity index (χ1v) is 7.09. The fourth-order valence-electron chi connectivity index (χ4n) is 2.31. The molecular formula is C13H19IO3. The van der Waals surface area contributed by atoms with Crippen molar-refractivity contribution in [3.63, 3.8) is 0 Å². The zero-order valence-electron chi connectivity index (χ0n) is 10.4. The lowest BCUT2D eigenvalue weighted by molar-refractivity contribution is -0.134. The summed E-state index contributed by atoms with van der Waals surface area (Å²) in [4.78, 5) is 22.9. The molecule has 0 amide bonds. The maximum atomic E-state index is 11.8. The summed E-state index contributed by atoms with van der Waals surface area (Å²) in [5.41, 5.74) is 0. The Morgan fingerprint density at radius 3 is 2.88 bits per heavy atom. The van der Waals surface area contributed by atoms with E-state index < -0.39 is 0 Å². The smallest absolute Gasteiger partial charge is 0.331 e. The van der Waals surface area contributed by atoms with Crippen LogP contribution in [0.1, 0.15) is 39.0 Å². The number of carbonyl (C=O) groups excluding carboxylic acids is 2. The number of esters is 1. The number of Topliss-reactive ketones (excluding diaryl/α,β-unsaturated/α-hetero) is 1. The minimum atomic E-state index is -0.323. The third-order valence-electron chi connectivity index (χ3n) is 3.28. The summed E-state index contributed by atoms with van der Waals surface area (Å²) in [6.07, 6.45) is 6.21. The van der Waals surface area contributed by atoms with Gasteiger partial charge in [0.05, 0.1) is 7.11 Å². The molecule has 0 aromatic carbocycles. The van der Waals surface area contributed by atoms with Crippen molar-refractivity contribution in [2.45, 2.75) is 39.0 Å². The van der Waals surface area contributed by atoms with Crippen LogP contribution in [0.4, 0.5) is 0 Å². The van der Waals surface area contributed by atoms with Gasteiger partial charge in [-0.05, 0) is 51.4 Å². The fourth-order valence-corrected chi connectivity index (χ4v) is 3.26. The van der Waals surface area contributed by atoms with Crippen LogP contribution in [0.15, 0.2) is 9.66 Å². The molecule has 0 radical (unpaired) electrons. The molecule has 0 aliphatic heterocycles. The van der Waals surface area contributed by atoms with E-state index >= 15 is 0 Å². The van der Waals surface area contributed by atoms with Gasteiger partial charge >= 0.3 is 5.97 Å². The molecule has 1 aliphatic rings. The third-order valence-corrected chi connectivity index (χ3v) is 4.03. The van der Waals surface area contributed by atoms with Crippen LogP contribution >= 0.6 is 22.6 Å². The van der Waals surface area contributed by atoms with Crippen molar-refractivity contribution < 1.29 is 14.3 Å². The van der Waals surface area contributed by atoms with Crippen LogP contribution in [-0.2, 0) is 14.3 Å². The largest absolute Gasteiger partial charge is 0.466 e. The lowest BCUT2D eigenvalue weighted by atomic mass is 9.78. The molecule has 0 aromatic rings. The minimum Gasteiger partial charge on any atom is -0.466 e. The quantitative estimate of drug-likeness (QED) is 0.444. The molecule has 2 unspecified atom stereocenters. The number of rotatable bonds is 4. The molecule has 0 N–H and O–H groups in total. The first-order chi connectivity index (χ1) is 8.04. The first kappa shape index (κ1) is 14.7. The van der Waals surface area contributed by atoms with E-state index in [2.05, 4.69) is 34.3 Å². The number of hydrogen-bond acceptors (Lipinski definition) is 3. The van der Waals surface area contributed by atoms with Crippen molar-refractivity contribution in [1.29, 1.82) is 0 Å². The summed E-state index contributed by atoms with van der Waals surface area (Å²) in [5.74, 6) is 0.567. The van der Waals surface area contributed by atoms with E-state index in [1.807, 2.05) is 0 Å². The van der Waals surface area contributed by atoms with Gasteiger partial charge in [-0.2, -0.15) is 0 Å². The van der Waals surface area contributed by atoms with Crippen molar-refractivity contribution in [3.8, 4) is 0 Å². The summed E-state index contributed by atoms with van der Waals surface area (Å²) < 4.78 is 5.54. The zero-order valence-corrected chi connectivity index (χ0v) is 12.5. The summed E-state index contributed by atoms with van der Waals surface area (Å²) in [6, 6.07) is 0. The van der Waals surface area contributed by atoms with Crippen LogP contribution in [0.25, 0.3) is 0 Å². The highest BCUT2D eigenvalue weighted by Crippen LogP contribution is 2.32. The molecule has 0 spiro atoms. The maximum absolute atomic E-state index is 11.8. The Bertz CT molecular complexity index is 323. The zero-order chi connectivity index (χ0) is 12.8. The number of ketones is 1. The maximum Gasteiger partial charge on any atom is 0.331 e. The van der Waals surface area contributed by atoms with Gasteiger partial charge in [-0.25, -0.2) is 4.79 Å². The Morgan fingerprint density at radius 2 is 2.29 bits per heavy atom. The van der Waals surface area contributed by atoms with Crippen LogP contribution in [0.3, 0.4) is 0 Å². The highest BCUT2D eigenvalue weighted by atomic mass is 127. The van der Waals surface area contributed by atoms with Gasteiger partial charge in [0.15, 0.2) is 0 Å². The van der Waals surface area contributed by atoms with Crippen LogP contribution in [0.5, 0.6) is 0 Å². The average Bonchev–Trinajstić information content (AvgIpc) is 2.29. The second-order valence-electron chi connectivity index (χ2n) is 4.61. The molecule has 3 nitrogen and oxygen atoms in total. The average molecular weight is 350 g/mol. The predicted octanol–water partition coefficient (Wildman–Crippen LogP) is 3.26. The van der Waals surface area contributed by atoms with Gasteiger partial charge in [0, 0.05) is 18.4 Å². The van der Waals surface area contributed by atoms with Gasteiger partial charge in [-0.3, -0.25) is 4.79 Å². The second-order valence-corrected chi connectivity index (χ2v) is 6.00. The molecule has 1 rings (SSSR count). The van der Waals surface area contributed by atoms with Gasteiger partial charge in [-0.15, -0.1) is 0 Å². The van der Waals surface area contributed by atoms with E-state index in [0.717, 1.165) is 35.7 Å². The molecule has 0 aromatic heterocycles. The lowest BCUT2D eigenvalue weighted by Gasteiger charge is -2.26. The monoisotopic (exact) mass is 350 g/mol. The predicted molar refractivity (Wildman–Crippen MR) is 74.9 cm³/mol. The van der Waals surface area contributed by atoms with Crippen molar-refractivity contribution in [1.82, 2.24) is 0 Å². The molecule has 0 bridgehead atoms. The number of allylic oxidation sites excluding steroid dienone is 1. The van der Waals surface area contributed by atoms with Crippen LogP contribution in [0.2, 0.25) is 0 Å². The molecule has 17 heavy (non-hydrogen) atoms. The Labute approximate surface area is 116 Å². The molecule has 2 atom stereocenters. The summed E-state index contributed by atoms with van der Waals surface area (Å²) in [6.45, 7) is 2.09. The Kier molecular flexibility index (Phi) is 6.16. The molecule has 4 heteroatoms. The molecule has 1 saturated carbocycles. The van der Waals surface area contributed by atoms with Crippen LogP contribution in [0, 0.1) is 11.8 Å². The van der Waals surface area contributed by atoms with E-state index in [-0.39, 0.29) is 11.9 Å². The Morgan fingerprint density at radius 1 is 1.59 bits per heavy atom. The highest BCUT2D eigenvalue weighted by Gasteiger charge is 2.27. The highest BCUT2D eigenvalue weighted by molar-refractivity contribution is 14.1. The van der Waals surface area contributed by atoms with Gasteiger partial charge < -0.3 is 4.74 Å². The third kappa shape index (κ3) is 4.77. The van der Waals surface area contributed by atoms with Crippen LogP contribution < -0.4 is 0 Å². The topological polar surface area (TPSA) is 43.4 Å². The molecular weight excluding hydrogens is 331 g/mol. The Hall–Kier alpha value is -0.390. The molecule has 0 heterocycles. The molecule has 1 fully saturated rings. The number of halogens is 1. The summed E-state index contributed by atoms with van der Waals surface area (Å²) in [5, 5.41) is 0. The van der Waals surface area contributed by atoms with E-state index in [0.29, 0.717) is 11.7 Å². The van der Waals surface area contributed by atoms with Gasteiger partial charge in [0.25, 0.3) is 0 Å². The van der Waals surface area contributed by atoms with E-state index in [1.54, 1.807) is 0 Å². The second kappa shape index (κ2) is 7.13. The van der Waals surface area contributed by atoms with Gasteiger partial charge in [0.2, 0.25) is 0 Å². The van der Waals surface area contributed by atoms with E-state index in [1.165, 1.54) is 13.2 Å². The molecule has 96 valence electrons. The fraction of sp³-hybridized carbons (Fsp3) is 0.692. The molecule has 1 aliphatic carbocycles. The standard InChI is InChI=1S/C13H19IO3/c1-9(7-10(14)8-13(16)17-2)11-5-3-4-6-12(11)15/h8-9,11H,3-7H2,1-2H3/b10-8-. The van der Waals surface area contributed by atoms with E-state index in [4.69, 9.17) is 0 Å². The number of ether oxygens (including phenoxy) is 1.